The molecule has 1 heterocycles. The van der Waals surface area contributed by atoms with Crippen LogP contribution < -0.4 is 10.1 Å². The summed E-state index contributed by atoms with van der Waals surface area (Å²) in [5, 5.41) is 3.74. The molecule has 1 aromatic carbocycles. The van der Waals surface area contributed by atoms with Gasteiger partial charge in [0.05, 0.1) is 6.61 Å². The first kappa shape index (κ1) is 13.4. The summed E-state index contributed by atoms with van der Waals surface area (Å²) >= 11 is 3.52. The van der Waals surface area contributed by atoms with E-state index in [0.29, 0.717) is 6.04 Å². The average molecular weight is 324 g/mol. The van der Waals surface area contributed by atoms with Crippen molar-refractivity contribution in [2.24, 2.45) is 5.92 Å². The van der Waals surface area contributed by atoms with E-state index >= 15 is 0 Å². The summed E-state index contributed by atoms with van der Waals surface area (Å²) in [7, 11) is 0. The molecule has 19 heavy (non-hydrogen) atoms. The number of hydrogen-bond donors (Lipinski definition) is 1. The number of fused-ring (bicyclic) bond motifs is 1. The van der Waals surface area contributed by atoms with Crippen molar-refractivity contribution >= 4 is 15.9 Å². The Kier molecular flexibility index (Phi) is 4.44. The highest BCUT2D eigenvalue weighted by molar-refractivity contribution is 9.10. The molecule has 0 aromatic heterocycles. The van der Waals surface area contributed by atoms with Crippen molar-refractivity contribution in [2.45, 2.75) is 44.6 Å². The maximum Gasteiger partial charge on any atom is 0.125 e. The molecule has 3 heteroatoms. The van der Waals surface area contributed by atoms with E-state index in [-0.39, 0.29) is 0 Å². The maximum absolute atomic E-state index is 5.85. The topological polar surface area (TPSA) is 21.3 Å². The minimum Gasteiger partial charge on any atom is -0.493 e. The van der Waals surface area contributed by atoms with Gasteiger partial charge in [-0.25, -0.2) is 0 Å². The van der Waals surface area contributed by atoms with Crippen LogP contribution in [0, 0.1) is 5.92 Å². The lowest BCUT2D eigenvalue weighted by Crippen LogP contribution is -2.25. The van der Waals surface area contributed by atoms with Gasteiger partial charge in [0, 0.05) is 16.1 Å². The summed E-state index contributed by atoms with van der Waals surface area (Å²) in [4.78, 5) is 0. The Hall–Kier alpha value is -0.540. The van der Waals surface area contributed by atoms with Crippen LogP contribution in [0.1, 0.15) is 50.1 Å². The Labute approximate surface area is 124 Å². The second-order valence-corrected chi connectivity index (χ2v) is 6.68. The van der Waals surface area contributed by atoms with Gasteiger partial charge in [0.15, 0.2) is 0 Å². The van der Waals surface area contributed by atoms with Crippen molar-refractivity contribution in [1.29, 1.82) is 0 Å². The minimum absolute atomic E-state index is 0.464. The van der Waals surface area contributed by atoms with E-state index in [9.17, 15) is 0 Å². The van der Waals surface area contributed by atoms with Gasteiger partial charge in [0.25, 0.3) is 0 Å². The molecule has 0 saturated heterocycles. The lowest BCUT2D eigenvalue weighted by atomic mass is 9.83. The summed E-state index contributed by atoms with van der Waals surface area (Å²) in [5.74, 6) is 2.03. The molecule has 1 saturated carbocycles. The Bertz CT molecular complexity index is 431. The van der Waals surface area contributed by atoms with Crippen molar-refractivity contribution < 1.29 is 4.74 Å². The average Bonchev–Trinajstić information content (AvgIpc) is 2.54. The maximum atomic E-state index is 5.85. The third-order valence-corrected chi connectivity index (χ3v) is 4.91. The van der Waals surface area contributed by atoms with E-state index in [1.165, 1.54) is 37.7 Å². The van der Waals surface area contributed by atoms with Gasteiger partial charge < -0.3 is 10.1 Å². The van der Waals surface area contributed by atoms with Crippen LogP contribution in [0.25, 0.3) is 0 Å². The first-order chi connectivity index (χ1) is 9.33. The quantitative estimate of drug-likeness (QED) is 0.884. The molecule has 104 valence electrons. The molecule has 2 aliphatic rings. The highest BCUT2D eigenvalue weighted by atomic mass is 79.9. The molecule has 3 rings (SSSR count). The first-order valence-electron chi connectivity index (χ1n) is 7.48. The number of halogens is 1. The molecule has 1 aliphatic carbocycles. The van der Waals surface area contributed by atoms with E-state index < -0.39 is 0 Å². The molecule has 1 aromatic rings. The third-order valence-electron chi connectivity index (χ3n) is 4.41. The zero-order chi connectivity index (χ0) is 13.1. The van der Waals surface area contributed by atoms with Crippen LogP contribution in [-0.2, 0) is 0 Å². The highest BCUT2D eigenvalue weighted by Crippen LogP contribution is 2.34. The van der Waals surface area contributed by atoms with Crippen molar-refractivity contribution in [1.82, 2.24) is 5.32 Å². The molecular formula is C16H22BrNO. The van der Waals surface area contributed by atoms with Gasteiger partial charge in [0.1, 0.15) is 5.75 Å². The van der Waals surface area contributed by atoms with Gasteiger partial charge in [-0.15, -0.1) is 0 Å². The minimum atomic E-state index is 0.464. The van der Waals surface area contributed by atoms with Gasteiger partial charge in [-0.1, -0.05) is 41.3 Å². The van der Waals surface area contributed by atoms with Crippen LogP contribution in [0.2, 0.25) is 0 Å². The van der Waals surface area contributed by atoms with E-state index in [1.807, 2.05) is 0 Å². The standard InChI is InChI=1S/C16H22BrNO/c17-13-6-7-14-15(5-2-10-19-16(14)11-13)18-9-8-12-3-1-4-12/h6-7,11-12,15,18H,1-5,8-10H2. The number of hydrogen-bond acceptors (Lipinski definition) is 2. The Morgan fingerprint density at radius 1 is 1.21 bits per heavy atom. The van der Waals surface area contributed by atoms with Crippen molar-refractivity contribution in [3.05, 3.63) is 28.2 Å². The van der Waals surface area contributed by atoms with Crippen molar-refractivity contribution in [3.8, 4) is 5.75 Å². The Balaban J connectivity index is 1.63. The van der Waals surface area contributed by atoms with E-state index in [0.717, 1.165) is 35.7 Å². The SMILES string of the molecule is Brc1ccc2c(c1)OCCCC2NCCC1CCC1. The normalized spacial score (nSPS) is 23.1. The zero-order valence-corrected chi connectivity index (χ0v) is 12.9. The molecule has 0 spiro atoms. The van der Waals surface area contributed by atoms with Gasteiger partial charge in [-0.3, -0.25) is 0 Å². The van der Waals surface area contributed by atoms with Gasteiger partial charge >= 0.3 is 0 Å². The predicted molar refractivity (Wildman–Crippen MR) is 81.6 cm³/mol. The lowest BCUT2D eigenvalue weighted by Gasteiger charge is -2.26. The summed E-state index contributed by atoms with van der Waals surface area (Å²) in [5.41, 5.74) is 1.33. The number of benzene rings is 1. The molecular weight excluding hydrogens is 302 g/mol. The fourth-order valence-electron chi connectivity index (χ4n) is 3.00. The number of ether oxygens (including phenoxy) is 1. The third kappa shape index (κ3) is 3.32. The number of nitrogens with one attached hydrogen (secondary N) is 1. The molecule has 2 nitrogen and oxygen atoms in total. The molecule has 1 N–H and O–H groups in total. The number of rotatable bonds is 4. The van der Waals surface area contributed by atoms with Crippen molar-refractivity contribution in [2.75, 3.05) is 13.2 Å². The Morgan fingerprint density at radius 3 is 2.89 bits per heavy atom. The van der Waals surface area contributed by atoms with Crippen LogP contribution in [0.3, 0.4) is 0 Å². The molecule has 0 radical (unpaired) electrons. The van der Waals surface area contributed by atoms with Crippen molar-refractivity contribution in [3.63, 3.8) is 0 Å². The van der Waals surface area contributed by atoms with Crippen LogP contribution in [0.4, 0.5) is 0 Å². The summed E-state index contributed by atoms with van der Waals surface area (Å²) in [6.45, 7) is 1.98. The monoisotopic (exact) mass is 323 g/mol. The smallest absolute Gasteiger partial charge is 0.125 e. The van der Waals surface area contributed by atoms with Crippen LogP contribution in [0.15, 0.2) is 22.7 Å². The second kappa shape index (κ2) is 6.27. The van der Waals surface area contributed by atoms with Gasteiger partial charge in [-0.2, -0.15) is 0 Å². The molecule has 0 bridgehead atoms. The second-order valence-electron chi connectivity index (χ2n) is 5.77. The fourth-order valence-corrected chi connectivity index (χ4v) is 3.34. The molecule has 1 atom stereocenters. The van der Waals surface area contributed by atoms with Gasteiger partial charge in [-0.05, 0) is 43.9 Å². The lowest BCUT2D eigenvalue weighted by molar-refractivity contribution is 0.285. The molecule has 0 amide bonds. The first-order valence-corrected chi connectivity index (χ1v) is 8.28. The summed E-state index contributed by atoms with van der Waals surface area (Å²) < 4.78 is 6.95. The predicted octanol–water partition coefficient (Wildman–Crippen LogP) is 4.44. The summed E-state index contributed by atoms with van der Waals surface area (Å²) in [6.07, 6.45) is 7.98. The van der Waals surface area contributed by atoms with Crippen LogP contribution in [-0.4, -0.2) is 13.2 Å². The zero-order valence-electron chi connectivity index (χ0n) is 11.3. The summed E-state index contributed by atoms with van der Waals surface area (Å²) in [6, 6.07) is 6.88. The fraction of sp³-hybridized carbons (Fsp3) is 0.625. The van der Waals surface area contributed by atoms with Crippen LogP contribution >= 0.6 is 15.9 Å². The largest absolute Gasteiger partial charge is 0.493 e. The highest BCUT2D eigenvalue weighted by Gasteiger charge is 2.21. The van der Waals surface area contributed by atoms with E-state index in [4.69, 9.17) is 4.74 Å². The molecule has 1 fully saturated rings. The van der Waals surface area contributed by atoms with Gasteiger partial charge in [0.2, 0.25) is 0 Å². The van der Waals surface area contributed by atoms with Crippen LogP contribution in [0.5, 0.6) is 5.75 Å². The Morgan fingerprint density at radius 2 is 2.11 bits per heavy atom. The van der Waals surface area contributed by atoms with E-state index in [1.54, 1.807) is 0 Å². The van der Waals surface area contributed by atoms with E-state index in [2.05, 4.69) is 39.4 Å². The molecule has 1 aliphatic heterocycles. The molecule has 1 unspecified atom stereocenters.